The van der Waals surface area contributed by atoms with Gasteiger partial charge in [0.05, 0.1) is 16.7 Å². The predicted octanol–water partition coefficient (Wildman–Crippen LogP) is 3.74. The van der Waals surface area contributed by atoms with Crippen LogP contribution < -0.4 is 9.46 Å². The van der Waals surface area contributed by atoms with Crippen LogP contribution in [-0.4, -0.2) is 45.3 Å². The number of nitrogens with zero attached hydrogens (tertiary/aromatic N) is 2. The quantitative estimate of drug-likeness (QED) is 0.482. The third kappa shape index (κ3) is 5.19. The van der Waals surface area contributed by atoms with Crippen LogP contribution >= 0.6 is 11.6 Å². The number of aromatic nitrogens is 2. The average molecular weight is 474 g/mol. The van der Waals surface area contributed by atoms with Crippen molar-refractivity contribution < 1.29 is 17.7 Å². The number of pyridine rings is 2. The second-order valence-electron chi connectivity index (χ2n) is 8.69. The molecule has 0 amide bonds. The molecule has 0 saturated heterocycles. The van der Waals surface area contributed by atoms with Crippen molar-refractivity contribution in [2.45, 2.75) is 69.1 Å². The van der Waals surface area contributed by atoms with Gasteiger partial charge in [-0.2, -0.15) is 0 Å². The fourth-order valence-electron chi connectivity index (χ4n) is 3.27. The van der Waals surface area contributed by atoms with Gasteiger partial charge in [-0.15, -0.1) is 4.72 Å². The van der Waals surface area contributed by atoms with E-state index in [9.17, 15) is 13.0 Å². The minimum atomic E-state index is -3.05. The first-order valence-corrected chi connectivity index (χ1v) is 13.4. The van der Waals surface area contributed by atoms with E-state index in [1.807, 2.05) is 27.7 Å². The van der Waals surface area contributed by atoms with E-state index in [2.05, 4.69) is 14.7 Å². The van der Waals surface area contributed by atoms with E-state index >= 15 is 0 Å². The molecule has 3 rings (SSSR count). The van der Waals surface area contributed by atoms with E-state index < -0.39 is 25.9 Å². The minimum absolute atomic E-state index is 0.189. The van der Waals surface area contributed by atoms with Crippen molar-refractivity contribution in [3.63, 3.8) is 0 Å². The first-order chi connectivity index (χ1) is 13.9. The molecule has 0 radical (unpaired) electrons. The molecule has 2 aromatic rings. The summed E-state index contributed by atoms with van der Waals surface area (Å²) in [6, 6.07) is 1.57. The van der Waals surface area contributed by atoms with Crippen molar-refractivity contribution in [3.05, 3.63) is 29.2 Å². The zero-order valence-corrected chi connectivity index (χ0v) is 20.2. The van der Waals surface area contributed by atoms with Crippen LogP contribution in [0.3, 0.4) is 0 Å². The topological polar surface area (TPSA) is 104 Å². The van der Waals surface area contributed by atoms with Gasteiger partial charge in [0.1, 0.15) is 16.0 Å². The van der Waals surface area contributed by atoms with Crippen LogP contribution in [0.25, 0.3) is 10.8 Å². The van der Waals surface area contributed by atoms with E-state index in [1.54, 1.807) is 18.5 Å². The van der Waals surface area contributed by atoms with Crippen molar-refractivity contribution in [1.29, 1.82) is 0 Å². The van der Waals surface area contributed by atoms with E-state index in [-0.39, 0.29) is 17.4 Å². The average Bonchev–Trinajstić information content (AvgIpc) is 2.60. The molecule has 1 unspecified atom stereocenters. The molecule has 1 saturated carbocycles. The van der Waals surface area contributed by atoms with Crippen LogP contribution in [0.1, 0.15) is 58.6 Å². The summed E-state index contributed by atoms with van der Waals surface area (Å²) in [4.78, 5) is 8.66. The lowest BCUT2D eigenvalue weighted by molar-refractivity contribution is 0.119. The summed E-state index contributed by atoms with van der Waals surface area (Å²) < 4.78 is 44.7. The molecular weight excluding hydrogens is 446 g/mol. The second kappa shape index (κ2) is 8.78. The van der Waals surface area contributed by atoms with Crippen LogP contribution in [0.5, 0.6) is 5.88 Å². The van der Waals surface area contributed by atoms with Gasteiger partial charge in [0.2, 0.25) is 5.88 Å². The number of sulfone groups is 1. The first-order valence-electron chi connectivity index (χ1n) is 9.88. The smallest absolute Gasteiger partial charge is 0.223 e. The van der Waals surface area contributed by atoms with E-state index in [1.165, 1.54) is 6.26 Å². The fourth-order valence-corrected chi connectivity index (χ4v) is 5.46. The van der Waals surface area contributed by atoms with Crippen LogP contribution in [0.15, 0.2) is 18.5 Å². The van der Waals surface area contributed by atoms with Crippen molar-refractivity contribution in [1.82, 2.24) is 14.7 Å². The highest BCUT2D eigenvalue weighted by Crippen LogP contribution is 2.36. The van der Waals surface area contributed by atoms with Gasteiger partial charge in [0.25, 0.3) is 0 Å². The molecular formula is C20H28ClN3O4S2. The Morgan fingerprint density at radius 2 is 1.97 bits per heavy atom. The number of rotatable bonds is 7. The molecule has 10 heteroatoms. The minimum Gasteiger partial charge on any atom is -0.598 e. The Hall–Kier alpha value is -1.13. The molecule has 1 aliphatic carbocycles. The molecule has 0 aliphatic heterocycles. The van der Waals surface area contributed by atoms with Gasteiger partial charge in [-0.3, -0.25) is 0 Å². The van der Waals surface area contributed by atoms with Gasteiger partial charge in [-0.25, -0.2) is 18.4 Å². The predicted molar refractivity (Wildman–Crippen MR) is 121 cm³/mol. The highest BCUT2D eigenvalue weighted by Gasteiger charge is 2.38. The molecule has 1 N–H and O–H groups in total. The van der Waals surface area contributed by atoms with Gasteiger partial charge >= 0.3 is 0 Å². The normalized spacial score (nSPS) is 21.8. The maximum atomic E-state index is 12.6. The van der Waals surface area contributed by atoms with E-state index in [0.717, 1.165) is 10.9 Å². The standard InChI is InChI=1S/C20H28ClN3O4S2/c1-6-17(24-29(25)20(2,3)4)15-10-23-19(16-11-22-18(21)9-14(15)16)28-12-7-13(8-12)30(5,26)27/h9-13,17,24H,6-8H2,1-5H3/t12-,13+,17?,29-/m0/s1. The third-order valence-electron chi connectivity index (χ3n) is 5.26. The SMILES string of the molecule is CCC(N[S@@+]([O-])C(C)(C)C)c1cnc(O[C@H]2C[C@@H](S(C)(=O)=O)C2)c2cnc(Cl)cc12. The van der Waals surface area contributed by atoms with Gasteiger partial charge in [-0.05, 0) is 38.6 Å². The summed E-state index contributed by atoms with van der Waals surface area (Å²) in [7, 11) is -3.05. The van der Waals surface area contributed by atoms with Gasteiger partial charge in [0, 0.05) is 48.4 Å². The monoisotopic (exact) mass is 473 g/mol. The number of halogens is 1. The van der Waals surface area contributed by atoms with Crippen LogP contribution in [0, 0.1) is 0 Å². The number of fused-ring (bicyclic) bond motifs is 1. The van der Waals surface area contributed by atoms with Gasteiger partial charge in [-0.1, -0.05) is 18.5 Å². The highest BCUT2D eigenvalue weighted by atomic mass is 35.5. The van der Waals surface area contributed by atoms with Crippen LogP contribution in [-0.2, 0) is 21.2 Å². The zero-order chi connectivity index (χ0) is 22.3. The molecule has 7 nitrogen and oxygen atoms in total. The number of ether oxygens (including phenoxy) is 1. The Balaban J connectivity index is 1.90. The first kappa shape index (κ1) is 23.5. The highest BCUT2D eigenvalue weighted by molar-refractivity contribution is 7.91. The van der Waals surface area contributed by atoms with Crippen molar-refractivity contribution >= 4 is 43.6 Å². The Kier molecular flexibility index (Phi) is 6.89. The van der Waals surface area contributed by atoms with Crippen molar-refractivity contribution in [2.24, 2.45) is 0 Å². The van der Waals surface area contributed by atoms with Gasteiger partial charge < -0.3 is 9.29 Å². The molecule has 0 aromatic carbocycles. The van der Waals surface area contributed by atoms with E-state index in [0.29, 0.717) is 35.7 Å². The van der Waals surface area contributed by atoms with Crippen molar-refractivity contribution in [3.8, 4) is 5.88 Å². The molecule has 1 fully saturated rings. The maximum absolute atomic E-state index is 12.6. The summed E-state index contributed by atoms with van der Waals surface area (Å²) in [5.74, 6) is 0.404. The number of hydrogen-bond donors (Lipinski definition) is 1. The zero-order valence-electron chi connectivity index (χ0n) is 17.8. The lowest BCUT2D eigenvalue weighted by Crippen LogP contribution is -2.42. The lowest BCUT2D eigenvalue weighted by atomic mass is 9.95. The Bertz CT molecular complexity index is 1020. The largest absolute Gasteiger partial charge is 0.598 e. The number of nitrogens with one attached hydrogen (secondary N) is 1. The summed E-state index contributed by atoms with van der Waals surface area (Å²) >= 11 is 4.91. The Morgan fingerprint density at radius 1 is 1.30 bits per heavy atom. The molecule has 2 atom stereocenters. The molecule has 0 bridgehead atoms. The second-order valence-corrected chi connectivity index (χ2v) is 13.4. The summed E-state index contributed by atoms with van der Waals surface area (Å²) in [5.41, 5.74) is 0.865. The molecule has 1 aliphatic rings. The number of hydrogen-bond acceptors (Lipinski definition) is 7. The third-order valence-corrected chi connectivity index (χ3v) is 8.67. The Morgan fingerprint density at radius 3 is 2.53 bits per heavy atom. The maximum Gasteiger partial charge on any atom is 0.223 e. The summed E-state index contributed by atoms with van der Waals surface area (Å²) in [6.07, 6.45) is 5.99. The molecule has 30 heavy (non-hydrogen) atoms. The molecule has 166 valence electrons. The summed E-state index contributed by atoms with van der Waals surface area (Å²) in [5, 5.41) is 1.50. The molecule has 2 aromatic heterocycles. The van der Waals surface area contributed by atoms with E-state index in [4.69, 9.17) is 16.3 Å². The summed E-state index contributed by atoms with van der Waals surface area (Å²) in [6.45, 7) is 7.76. The Labute approximate surface area is 186 Å². The fraction of sp³-hybridized carbons (Fsp3) is 0.600. The van der Waals surface area contributed by atoms with Gasteiger partial charge in [0.15, 0.2) is 9.84 Å². The van der Waals surface area contributed by atoms with Crippen LogP contribution in [0.2, 0.25) is 5.15 Å². The van der Waals surface area contributed by atoms with Crippen LogP contribution in [0.4, 0.5) is 0 Å². The van der Waals surface area contributed by atoms with Crippen molar-refractivity contribution in [2.75, 3.05) is 6.26 Å². The molecule has 0 spiro atoms. The molecule has 2 heterocycles. The lowest BCUT2D eigenvalue weighted by Gasteiger charge is -2.34.